The zero-order chi connectivity index (χ0) is 18.7. The summed E-state index contributed by atoms with van der Waals surface area (Å²) in [6.45, 7) is 3.62. The summed E-state index contributed by atoms with van der Waals surface area (Å²) in [6.07, 6.45) is 1.48. The summed E-state index contributed by atoms with van der Waals surface area (Å²) in [5.41, 5.74) is 0.493. The van der Waals surface area contributed by atoms with Crippen LogP contribution in [0, 0.1) is 5.82 Å². The molecule has 0 saturated heterocycles. The van der Waals surface area contributed by atoms with Gasteiger partial charge in [0.15, 0.2) is 0 Å². The molecule has 0 aliphatic carbocycles. The fourth-order valence-corrected chi connectivity index (χ4v) is 2.29. The maximum Gasteiger partial charge on any atom is 0.251 e. The molecule has 7 nitrogen and oxygen atoms in total. The number of nitrogens with zero attached hydrogens (tertiary/aromatic N) is 3. The Morgan fingerprint density at radius 2 is 2.08 bits per heavy atom. The molecule has 1 aromatic carbocycles. The number of amides is 1. The van der Waals surface area contributed by atoms with E-state index in [0.717, 1.165) is 0 Å². The molecule has 0 spiro atoms. The fraction of sp³-hybridized carbons (Fsp3) is 0.222. The van der Waals surface area contributed by atoms with Gasteiger partial charge in [0.2, 0.25) is 17.7 Å². The van der Waals surface area contributed by atoms with Crippen LogP contribution in [0.25, 0.3) is 11.5 Å². The molecule has 3 rings (SSSR count). The van der Waals surface area contributed by atoms with E-state index in [0.29, 0.717) is 17.1 Å². The van der Waals surface area contributed by atoms with Crippen LogP contribution < -0.4 is 10.9 Å². The molecule has 0 bridgehead atoms. The number of rotatable bonds is 5. The van der Waals surface area contributed by atoms with Gasteiger partial charge in [-0.3, -0.25) is 9.59 Å². The average Bonchev–Trinajstić information content (AvgIpc) is 3.07. The summed E-state index contributed by atoms with van der Waals surface area (Å²) in [6, 6.07) is 8.40. The highest BCUT2D eigenvalue weighted by Crippen LogP contribution is 2.20. The molecule has 2 aromatic heterocycles. The van der Waals surface area contributed by atoms with Crippen LogP contribution in [0.15, 0.2) is 51.8 Å². The highest BCUT2D eigenvalue weighted by Gasteiger charge is 2.13. The summed E-state index contributed by atoms with van der Waals surface area (Å²) in [4.78, 5) is 24.2. The molecule has 26 heavy (non-hydrogen) atoms. The number of pyridine rings is 1. The van der Waals surface area contributed by atoms with Gasteiger partial charge in [0.05, 0.1) is 5.56 Å². The van der Waals surface area contributed by atoms with Crippen molar-refractivity contribution in [2.45, 2.75) is 26.3 Å². The molecular weight excluding hydrogens is 339 g/mol. The lowest BCUT2D eigenvalue weighted by Gasteiger charge is -2.08. The Bertz CT molecular complexity index is 994. The number of aromatic nitrogens is 3. The first-order valence-electron chi connectivity index (χ1n) is 8.02. The van der Waals surface area contributed by atoms with Crippen molar-refractivity contribution in [2.24, 2.45) is 0 Å². The van der Waals surface area contributed by atoms with E-state index in [-0.39, 0.29) is 23.9 Å². The largest absolute Gasteiger partial charge is 0.420 e. The Balaban J connectivity index is 1.79. The van der Waals surface area contributed by atoms with Gasteiger partial charge in [-0.25, -0.2) is 4.39 Å². The third-order valence-corrected chi connectivity index (χ3v) is 3.59. The third-order valence-electron chi connectivity index (χ3n) is 3.59. The smallest absolute Gasteiger partial charge is 0.251 e. The molecule has 8 heteroatoms. The first-order chi connectivity index (χ1) is 12.4. The zero-order valence-electron chi connectivity index (χ0n) is 14.3. The number of carbonyl (C=O) groups excluding carboxylic acids is 1. The first-order valence-corrected chi connectivity index (χ1v) is 8.02. The summed E-state index contributed by atoms with van der Waals surface area (Å²) < 4.78 is 20.0. The number of halogens is 1. The Labute approximate surface area is 148 Å². The highest BCUT2D eigenvalue weighted by molar-refractivity contribution is 5.90. The molecule has 2 heterocycles. The SMILES string of the molecule is CC(C)c1nnc(-c2ccc(=O)n(CC(=O)Nc3cccc(F)c3)c2)o1. The number of anilines is 1. The Hall–Kier alpha value is -3.29. The summed E-state index contributed by atoms with van der Waals surface area (Å²) >= 11 is 0. The quantitative estimate of drug-likeness (QED) is 0.759. The van der Waals surface area contributed by atoms with Gasteiger partial charge in [0.1, 0.15) is 12.4 Å². The molecule has 0 saturated carbocycles. The Morgan fingerprint density at radius 3 is 2.77 bits per heavy atom. The van der Waals surface area contributed by atoms with Crippen LogP contribution >= 0.6 is 0 Å². The van der Waals surface area contributed by atoms with Crippen molar-refractivity contribution in [3.8, 4) is 11.5 Å². The molecule has 0 fully saturated rings. The predicted molar refractivity (Wildman–Crippen MR) is 93.1 cm³/mol. The second-order valence-corrected chi connectivity index (χ2v) is 6.04. The number of benzene rings is 1. The van der Waals surface area contributed by atoms with Crippen LogP contribution in [0.5, 0.6) is 0 Å². The van der Waals surface area contributed by atoms with E-state index >= 15 is 0 Å². The Morgan fingerprint density at radius 1 is 1.27 bits per heavy atom. The maximum absolute atomic E-state index is 13.2. The van der Waals surface area contributed by atoms with Crippen LogP contribution in [0.4, 0.5) is 10.1 Å². The van der Waals surface area contributed by atoms with Gasteiger partial charge in [0.25, 0.3) is 5.56 Å². The van der Waals surface area contributed by atoms with Crippen molar-refractivity contribution < 1.29 is 13.6 Å². The number of hydrogen-bond acceptors (Lipinski definition) is 5. The lowest BCUT2D eigenvalue weighted by atomic mass is 10.2. The maximum atomic E-state index is 13.2. The summed E-state index contributed by atoms with van der Waals surface area (Å²) in [7, 11) is 0. The minimum absolute atomic E-state index is 0.0826. The fourth-order valence-electron chi connectivity index (χ4n) is 2.29. The number of carbonyl (C=O) groups is 1. The highest BCUT2D eigenvalue weighted by atomic mass is 19.1. The van der Waals surface area contributed by atoms with Crippen molar-refractivity contribution in [1.29, 1.82) is 0 Å². The van der Waals surface area contributed by atoms with Gasteiger partial charge in [0, 0.05) is 23.9 Å². The van der Waals surface area contributed by atoms with Crippen molar-refractivity contribution in [3.05, 3.63) is 64.7 Å². The van der Waals surface area contributed by atoms with Gasteiger partial charge >= 0.3 is 0 Å². The van der Waals surface area contributed by atoms with Crippen molar-refractivity contribution in [3.63, 3.8) is 0 Å². The molecule has 3 aromatic rings. The third kappa shape index (κ3) is 4.02. The van der Waals surface area contributed by atoms with E-state index in [1.807, 2.05) is 13.8 Å². The van der Waals surface area contributed by atoms with E-state index in [9.17, 15) is 14.0 Å². The van der Waals surface area contributed by atoms with Gasteiger partial charge in [-0.1, -0.05) is 19.9 Å². The van der Waals surface area contributed by atoms with E-state index in [2.05, 4.69) is 15.5 Å². The topological polar surface area (TPSA) is 90.0 Å². The normalized spacial score (nSPS) is 10.9. The van der Waals surface area contributed by atoms with Crippen LogP contribution in [0.2, 0.25) is 0 Å². The number of nitrogens with one attached hydrogen (secondary N) is 1. The predicted octanol–water partition coefficient (Wildman–Crippen LogP) is 2.80. The van der Waals surface area contributed by atoms with Gasteiger partial charge < -0.3 is 14.3 Å². The zero-order valence-corrected chi connectivity index (χ0v) is 14.3. The van der Waals surface area contributed by atoms with Crippen molar-refractivity contribution in [1.82, 2.24) is 14.8 Å². The minimum atomic E-state index is -0.459. The molecule has 0 unspecified atom stereocenters. The molecule has 134 valence electrons. The van der Waals surface area contributed by atoms with Crippen molar-refractivity contribution >= 4 is 11.6 Å². The lowest BCUT2D eigenvalue weighted by molar-refractivity contribution is -0.116. The summed E-state index contributed by atoms with van der Waals surface area (Å²) in [5.74, 6) is -0.0728. The van der Waals surface area contributed by atoms with Gasteiger partial charge in [-0.15, -0.1) is 10.2 Å². The second-order valence-electron chi connectivity index (χ2n) is 6.04. The van der Waals surface area contributed by atoms with Crippen LogP contribution in [-0.2, 0) is 11.3 Å². The van der Waals surface area contributed by atoms with E-state index in [1.54, 1.807) is 12.1 Å². The molecule has 1 amide bonds. The standard InChI is InChI=1S/C18H17FN4O3/c1-11(2)17-21-22-18(26-17)12-6-7-16(25)23(9-12)10-15(24)20-14-5-3-4-13(19)8-14/h3-9,11H,10H2,1-2H3,(H,20,24). The van der Waals surface area contributed by atoms with E-state index < -0.39 is 11.7 Å². The molecule has 0 aliphatic heterocycles. The molecule has 0 radical (unpaired) electrons. The molecule has 1 N–H and O–H groups in total. The van der Waals surface area contributed by atoms with E-state index in [4.69, 9.17) is 4.42 Å². The first kappa shape index (κ1) is 17.5. The van der Waals surface area contributed by atoms with Crippen LogP contribution in [0.3, 0.4) is 0 Å². The second kappa shape index (κ2) is 7.30. The van der Waals surface area contributed by atoms with E-state index in [1.165, 1.54) is 35.0 Å². The molecule has 0 aliphatic rings. The average molecular weight is 356 g/mol. The van der Waals surface area contributed by atoms with Gasteiger partial charge in [-0.2, -0.15) is 0 Å². The Kier molecular flexibility index (Phi) is 4.92. The van der Waals surface area contributed by atoms with Crippen LogP contribution in [-0.4, -0.2) is 20.7 Å². The minimum Gasteiger partial charge on any atom is -0.420 e. The summed E-state index contributed by atoms with van der Waals surface area (Å²) in [5, 5.41) is 10.5. The number of hydrogen-bond donors (Lipinski definition) is 1. The lowest BCUT2D eigenvalue weighted by Crippen LogP contribution is -2.26. The van der Waals surface area contributed by atoms with Crippen LogP contribution in [0.1, 0.15) is 25.7 Å². The molecule has 0 atom stereocenters. The van der Waals surface area contributed by atoms with Gasteiger partial charge in [-0.05, 0) is 24.3 Å². The monoisotopic (exact) mass is 356 g/mol. The van der Waals surface area contributed by atoms with Crippen molar-refractivity contribution in [2.75, 3.05) is 5.32 Å². The molecular formula is C18H17FN4O3.